The first-order valence-corrected chi connectivity index (χ1v) is 9.35. The van der Waals surface area contributed by atoms with Gasteiger partial charge in [-0.25, -0.2) is 0 Å². The number of alkyl halides is 3. The van der Waals surface area contributed by atoms with Crippen LogP contribution in [0, 0.1) is 17.2 Å². The Kier molecular flexibility index (Phi) is 7.59. The van der Waals surface area contributed by atoms with Gasteiger partial charge in [0.05, 0.1) is 11.6 Å². The Bertz CT molecular complexity index is 932. The van der Waals surface area contributed by atoms with Crippen molar-refractivity contribution in [2.75, 3.05) is 6.54 Å². The first kappa shape index (κ1) is 22.9. The van der Waals surface area contributed by atoms with E-state index in [9.17, 15) is 22.8 Å². The average molecular weight is 417 g/mol. The van der Waals surface area contributed by atoms with Gasteiger partial charge in [-0.1, -0.05) is 44.2 Å². The molecule has 0 aromatic heterocycles. The molecule has 0 saturated carbocycles. The molecule has 0 saturated heterocycles. The van der Waals surface area contributed by atoms with E-state index < -0.39 is 29.6 Å². The number of nitrogens with zero attached hydrogens (tertiary/aromatic N) is 1. The summed E-state index contributed by atoms with van der Waals surface area (Å²) in [7, 11) is 0. The van der Waals surface area contributed by atoms with E-state index in [1.165, 1.54) is 12.1 Å². The van der Waals surface area contributed by atoms with Crippen molar-refractivity contribution in [3.05, 3.63) is 59.7 Å². The Morgan fingerprint density at radius 3 is 2.27 bits per heavy atom. The molecule has 0 aliphatic rings. The number of nitrogens with one attached hydrogen (secondary N) is 2. The lowest BCUT2D eigenvalue weighted by Crippen LogP contribution is -2.47. The summed E-state index contributed by atoms with van der Waals surface area (Å²) in [4.78, 5) is 25.2. The minimum absolute atomic E-state index is 0.105. The molecular formula is C22H22F3N3O2. The van der Waals surface area contributed by atoms with E-state index in [0.717, 1.165) is 12.1 Å². The van der Waals surface area contributed by atoms with E-state index in [0.29, 0.717) is 17.5 Å². The zero-order valence-corrected chi connectivity index (χ0v) is 16.6. The van der Waals surface area contributed by atoms with Crippen LogP contribution < -0.4 is 10.6 Å². The lowest BCUT2D eigenvalue weighted by molar-refractivity contribution is -0.137. The van der Waals surface area contributed by atoms with Crippen LogP contribution in [0.2, 0.25) is 0 Å². The summed E-state index contributed by atoms with van der Waals surface area (Å²) in [5, 5.41) is 13.8. The van der Waals surface area contributed by atoms with Crippen molar-refractivity contribution in [2.45, 2.75) is 32.5 Å². The summed E-state index contributed by atoms with van der Waals surface area (Å²) < 4.78 is 38.5. The van der Waals surface area contributed by atoms with Crippen molar-refractivity contribution in [1.82, 2.24) is 10.6 Å². The van der Waals surface area contributed by atoms with Crippen molar-refractivity contribution in [3.63, 3.8) is 0 Å². The quantitative estimate of drug-likeness (QED) is 0.664. The first-order valence-electron chi connectivity index (χ1n) is 9.35. The van der Waals surface area contributed by atoms with Crippen molar-refractivity contribution >= 4 is 11.8 Å². The monoisotopic (exact) mass is 417 g/mol. The summed E-state index contributed by atoms with van der Waals surface area (Å²) in [6.45, 7) is 3.62. The maximum Gasteiger partial charge on any atom is 0.416 e. The number of carbonyl (C=O) groups is 2. The maximum absolute atomic E-state index is 12.9. The third kappa shape index (κ3) is 6.08. The van der Waals surface area contributed by atoms with Crippen LogP contribution in [-0.4, -0.2) is 24.4 Å². The number of amides is 2. The molecule has 0 fully saturated rings. The Morgan fingerprint density at radius 2 is 1.70 bits per heavy atom. The molecule has 8 heteroatoms. The molecule has 158 valence electrons. The molecule has 2 N–H and O–H groups in total. The molecule has 0 heterocycles. The van der Waals surface area contributed by atoms with E-state index in [4.69, 9.17) is 5.26 Å². The average Bonchev–Trinajstić information content (AvgIpc) is 2.70. The SMILES string of the molecule is CC(C)C[C@H](NC(=O)c1ccccc1-c1ccc(C(F)(F)F)cc1)C(=O)NCC#N. The van der Waals surface area contributed by atoms with Crippen molar-refractivity contribution in [1.29, 1.82) is 5.26 Å². The standard InChI is InChI=1S/C22H22F3N3O2/c1-14(2)13-19(21(30)27-12-11-26)28-20(29)18-6-4-3-5-17(18)15-7-9-16(10-8-15)22(23,24)25/h3-10,14,19H,12-13H2,1-2H3,(H,27,30)(H,28,29)/t19-/m0/s1. The Balaban J connectivity index is 2.30. The third-order valence-corrected chi connectivity index (χ3v) is 4.37. The van der Waals surface area contributed by atoms with Gasteiger partial charge < -0.3 is 10.6 Å². The Hall–Kier alpha value is -3.34. The molecular weight excluding hydrogens is 395 g/mol. The number of nitriles is 1. The second kappa shape index (κ2) is 9.92. The van der Waals surface area contributed by atoms with Gasteiger partial charge in [0.2, 0.25) is 5.91 Å². The van der Waals surface area contributed by atoms with Crippen LogP contribution >= 0.6 is 0 Å². The van der Waals surface area contributed by atoms with Gasteiger partial charge in [0.25, 0.3) is 5.91 Å². The van der Waals surface area contributed by atoms with Crippen LogP contribution in [0.5, 0.6) is 0 Å². The molecule has 0 aliphatic carbocycles. The second-order valence-electron chi connectivity index (χ2n) is 7.15. The number of rotatable bonds is 7. The van der Waals surface area contributed by atoms with Gasteiger partial charge in [0, 0.05) is 5.56 Å². The minimum Gasteiger partial charge on any atom is -0.341 e. The van der Waals surface area contributed by atoms with Gasteiger partial charge in [-0.05, 0) is 41.7 Å². The molecule has 0 aliphatic heterocycles. The van der Waals surface area contributed by atoms with Crippen LogP contribution in [0.3, 0.4) is 0 Å². The fourth-order valence-corrected chi connectivity index (χ4v) is 2.96. The lowest BCUT2D eigenvalue weighted by atomic mass is 9.97. The fraction of sp³-hybridized carbons (Fsp3) is 0.318. The highest BCUT2D eigenvalue weighted by Crippen LogP contribution is 2.31. The summed E-state index contributed by atoms with van der Waals surface area (Å²) >= 11 is 0. The van der Waals surface area contributed by atoms with E-state index >= 15 is 0 Å². The second-order valence-corrected chi connectivity index (χ2v) is 7.15. The fourth-order valence-electron chi connectivity index (χ4n) is 2.96. The lowest BCUT2D eigenvalue weighted by Gasteiger charge is -2.20. The van der Waals surface area contributed by atoms with Gasteiger partial charge in [-0.2, -0.15) is 18.4 Å². The number of benzene rings is 2. The molecule has 1 atom stereocenters. The molecule has 2 aromatic carbocycles. The zero-order chi connectivity index (χ0) is 22.3. The van der Waals surface area contributed by atoms with E-state index in [2.05, 4.69) is 10.6 Å². The third-order valence-electron chi connectivity index (χ3n) is 4.37. The number of hydrogen-bond acceptors (Lipinski definition) is 3. The van der Waals surface area contributed by atoms with Crippen molar-refractivity contribution in [3.8, 4) is 17.2 Å². The van der Waals surface area contributed by atoms with Crippen molar-refractivity contribution < 1.29 is 22.8 Å². The highest BCUT2D eigenvalue weighted by molar-refractivity contribution is 6.02. The summed E-state index contributed by atoms with van der Waals surface area (Å²) in [6.07, 6.45) is -4.08. The van der Waals surface area contributed by atoms with Crippen LogP contribution in [0.1, 0.15) is 36.2 Å². The topological polar surface area (TPSA) is 82.0 Å². The van der Waals surface area contributed by atoms with Gasteiger partial charge in [0.15, 0.2) is 0 Å². The molecule has 0 radical (unpaired) electrons. The highest BCUT2D eigenvalue weighted by atomic mass is 19.4. The smallest absolute Gasteiger partial charge is 0.341 e. The highest BCUT2D eigenvalue weighted by Gasteiger charge is 2.30. The molecule has 30 heavy (non-hydrogen) atoms. The zero-order valence-electron chi connectivity index (χ0n) is 16.6. The largest absolute Gasteiger partial charge is 0.416 e. The van der Waals surface area contributed by atoms with Crippen LogP contribution in [0.25, 0.3) is 11.1 Å². The van der Waals surface area contributed by atoms with Crippen LogP contribution in [0.15, 0.2) is 48.5 Å². The summed E-state index contributed by atoms with van der Waals surface area (Å²) in [6, 6.07) is 12.0. The molecule has 2 amide bonds. The van der Waals surface area contributed by atoms with Gasteiger partial charge >= 0.3 is 6.18 Å². The van der Waals surface area contributed by atoms with Gasteiger partial charge in [0.1, 0.15) is 12.6 Å². The maximum atomic E-state index is 12.9. The summed E-state index contributed by atoms with van der Waals surface area (Å²) in [5.41, 5.74) is 0.353. The molecule has 2 rings (SSSR count). The van der Waals surface area contributed by atoms with Gasteiger partial charge in [-0.3, -0.25) is 9.59 Å². The number of hydrogen-bond donors (Lipinski definition) is 2. The van der Waals surface area contributed by atoms with E-state index in [-0.39, 0.29) is 18.0 Å². The molecule has 0 unspecified atom stereocenters. The predicted octanol–water partition coefficient (Wildman–Crippen LogP) is 4.16. The van der Waals surface area contributed by atoms with Crippen molar-refractivity contribution in [2.24, 2.45) is 5.92 Å². The molecule has 2 aromatic rings. The van der Waals surface area contributed by atoms with Gasteiger partial charge in [-0.15, -0.1) is 0 Å². The Labute approximate surface area is 172 Å². The molecule has 0 bridgehead atoms. The normalized spacial score (nSPS) is 12.2. The number of carbonyl (C=O) groups excluding carboxylic acids is 2. The Morgan fingerprint density at radius 1 is 1.07 bits per heavy atom. The minimum atomic E-state index is -4.45. The van der Waals surface area contributed by atoms with Crippen LogP contribution in [0.4, 0.5) is 13.2 Å². The molecule has 5 nitrogen and oxygen atoms in total. The predicted molar refractivity (Wildman–Crippen MR) is 106 cm³/mol. The van der Waals surface area contributed by atoms with E-state index in [1.807, 2.05) is 19.9 Å². The number of halogens is 3. The first-order chi connectivity index (χ1) is 14.1. The van der Waals surface area contributed by atoms with Crippen LogP contribution in [-0.2, 0) is 11.0 Å². The van der Waals surface area contributed by atoms with E-state index in [1.54, 1.807) is 24.3 Å². The summed E-state index contributed by atoms with van der Waals surface area (Å²) in [5.74, 6) is -0.887. The molecule has 0 spiro atoms.